The molecule has 0 fully saturated rings. The summed E-state index contributed by atoms with van der Waals surface area (Å²) < 4.78 is 28.6. The molecule has 0 saturated heterocycles. The third-order valence-corrected chi connectivity index (χ3v) is 2.01. The minimum absolute atomic E-state index is 0.0899. The Morgan fingerprint density at radius 1 is 1.33 bits per heavy atom. The average molecular weight is 210 g/mol. The normalized spacial score (nSPS) is 10.5. The summed E-state index contributed by atoms with van der Waals surface area (Å²) >= 11 is 0. The highest BCUT2D eigenvalue weighted by molar-refractivity contribution is 5.44. The second-order valence-corrected chi connectivity index (χ2v) is 3.43. The minimum atomic E-state index is -2.81. The molecule has 0 saturated carbocycles. The third-order valence-electron chi connectivity index (χ3n) is 2.01. The van der Waals surface area contributed by atoms with Crippen LogP contribution in [0.1, 0.15) is 30.9 Å². The standard InChI is InChI=1S/C12H12F2O/c1-4-9-5-6-11(15-12(13)14)10(7-9)8(2)3/h1,5-8,12H,2-3H3. The molecule has 0 N–H and O–H groups in total. The summed E-state index contributed by atoms with van der Waals surface area (Å²) in [4.78, 5) is 0. The number of terminal acetylenes is 1. The number of benzene rings is 1. The van der Waals surface area contributed by atoms with Crippen molar-refractivity contribution >= 4 is 0 Å². The Morgan fingerprint density at radius 2 is 2.00 bits per heavy atom. The molecule has 0 atom stereocenters. The van der Waals surface area contributed by atoms with Gasteiger partial charge in [0, 0.05) is 5.56 Å². The van der Waals surface area contributed by atoms with Gasteiger partial charge in [0.25, 0.3) is 0 Å². The van der Waals surface area contributed by atoms with Crippen LogP contribution in [0.4, 0.5) is 8.78 Å². The largest absolute Gasteiger partial charge is 0.435 e. The van der Waals surface area contributed by atoms with E-state index in [0.717, 1.165) is 0 Å². The highest BCUT2D eigenvalue weighted by atomic mass is 19.3. The van der Waals surface area contributed by atoms with E-state index >= 15 is 0 Å². The summed E-state index contributed by atoms with van der Waals surface area (Å²) in [5.41, 5.74) is 1.37. The number of hydrogen-bond acceptors (Lipinski definition) is 1. The van der Waals surface area contributed by atoms with Crippen molar-refractivity contribution in [2.75, 3.05) is 0 Å². The first kappa shape index (κ1) is 11.5. The molecule has 1 rings (SSSR count). The van der Waals surface area contributed by atoms with Gasteiger partial charge in [0.1, 0.15) is 5.75 Å². The van der Waals surface area contributed by atoms with Crippen LogP contribution in [0.15, 0.2) is 18.2 Å². The number of hydrogen-bond donors (Lipinski definition) is 0. The van der Waals surface area contributed by atoms with Crippen LogP contribution in [0.25, 0.3) is 0 Å². The van der Waals surface area contributed by atoms with Crippen LogP contribution in [0.3, 0.4) is 0 Å². The highest BCUT2D eigenvalue weighted by Crippen LogP contribution is 2.28. The van der Waals surface area contributed by atoms with Crippen LogP contribution in [0, 0.1) is 12.3 Å². The molecule has 1 aromatic rings. The molecule has 0 aliphatic heterocycles. The maximum absolute atomic E-state index is 12.1. The quantitative estimate of drug-likeness (QED) is 0.695. The van der Waals surface area contributed by atoms with Crippen LogP contribution in [-0.4, -0.2) is 6.61 Å². The van der Waals surface area contributed by atoms with Crippen molar-refractivity contribution in [3.63, 3.8) is 0 Å². The Kier molecular flexibility index (Phi) is 3.68. The molecular formula is C12H12F2O. The lowest BCUT2D eigenvalue weighted by Gasteiger charge is -2.13. The Bertz CT molecular complexity index is 378. The molecule has 0 aromatic heterocycles. The summed E-state index contributed by atoms with van der Waals surface area (Å²) in [5, 5.41) is 0. The van der Waals surface area contributed by atoms with Gasteiger partial charge in [-0.3, -0.25) is 0 Å². The van der Waals surface area contributed by atoms with E-state index in [1.165, 1.54) is 6.07 Å². The molecule has 1 nitrogen and oxygen atoms in total. The number of alkyl halides is 2. The second kappa shape index (κ2) is 4.79. The molecule has 0 bridgehead atoms. The fourth-order valence-corrected chi connectivity index (χ4v) is 1.29. The van der Waals surface area contributed by atoms with Crippen molar-refractivity contribution in [2.24, 2.45) is 0 Å². The smallest absolute Gasteiger partial charge is 0.387 e. The van der Waals surface area contributed by atoms with Crippen LogP contribution >= 0.6 is 0 Å². The lowest BCUT2D eigenvalue weighted by molar-refractivity contribution is -0.0505. The fraction of sp³-hybridized carbons (Fsp3) is 0.333. The zero-order valence-electron chi connectivity index (χ0n) is 8.63. The van der Waals surface area contributed by atoms with Gasteiger partial charge >= 0.3 is 6.61 Å². The third kappa shape index (κ3) is 2.95. The van der Waals surface area contributed by atoms with Crippen molar-refractivity contribution in [1.29, 1.82) is 0 Å². The van der Waals surface area contributed by atoms with E-state index in [-0.39, 0.29) is 11.7 Å². The number of rotatable bonds is 3. The molecule has 3 heteroatoms. The van der Waals surface area contributed by atoms with E-state index < -0.39 is 6.61 Å². The molecule has 15 heavy (non-hydrogen) atoms. The molecule has 0 heterocycles. The molecular weight excluding hydrogens is 198 g/mol. The summed E-state index contributed by atoms with van der Waals surface area (Å²) in [6.07, 6.45) is 5.23. The average Bonchev–Trinajstić information content (AvgIpc) is 2.17. The van der Waals surface area contributed by atoms with Crippen molar-refractivity contribution < 1.29 is 13.5 Å². The van der Waals surface area contributed by atoms with Gasteiger partial charge in [-0.05, 0) is 29.7 Å². The topological polar surface area (TPSA) is 9.23 Å². The van der Waals surface area contributed by atoms with Gasteiger partial charge in [-0.15, -0.1) is 6.42 Å². The highest BCUT2D eigenvalue weighted by Gasteiger charge is 2.12. The Morgan fingerprint density at radius 3 is 2.47 bits per heavy atom. The van der Waals surface area contributed by atoms with Gasteiger partial charge < -0.3 is 4.74 Å². The van der Waals surface area contributed by atoms with Crippen LogP contribution in [-0.2, 0) is 0 Å². The minimum Gasteiger partial charge on any atom is -0.435 e. The molecule has 0 aliphatic rings. The Hall–Kier alpha value is -1.56. The van der Waals surface area contributed by atoms with Crippen LogP contribution in [0.2, 0.25) is 0 Å². The van der Waals surface area contributed by atoms with E-state index in [0.29, 0.717) is 11.1 Å². The van der Waals surface area contributed by atoms with E-state index in [2.05, 4.69) is 10.7 Å². The molecule has 0 amide bonds. The van der Waals surface area contributed by atoms with Gasteiger partial charge in [0.15, 0.2) is 0 Å². The molecule has 1 aromatic carbocycles. The predicted molar refractivity (Wildman–Crippen MR) is 55.1 cm³/mol. The second-order valence-electron chi connectivity index (χ2n) is 3.43. The van der Waals surface area contributed by atoms with Gasteiger partial charge in [-0.1, -0.05) is 19.8 Å². The zero-order valence-corrected chi connectivity index (χ0v) is 8.63. The SMILES string of the molecule is C#Cc1ccc(OC(F)F)c(C(C)C)c1. The van der Waals surface area contributed by atoms with Crippen LogP contribution in [0.5, 0.6) is 5.75 Å². The first-order valence-corrected chi connectivity index (χ1v) is 4.60. The molecule has 0 aliphatic carbocycles. The van der Waals surface area contributed by atoms with Gasteiger partial charge in [0.05, 0.1) is 0 Å². The molecule has 0 spiro atoms. The van der Waals surface area contributed by atoms with Crippen molar-refractivity contribution in [3.8, 4) is 18.1 Å². The number of ether oxygens (including phenoxy) is 1. The lowest BCUT2D eigenvalue weighted by Crippen LogP contribution is -2.05. The maximum Gasteiger partial charge on any atom is 0.387 e. The lowest BCUT2D eigenvalue weighted by atomic mass is 10.00. The molecule has 0 unspecified atom stereocenters. The predicted octanol–water partition coefficient (Wildman–Crippen LogP) is 3.39. The first-order chi connectivity index (χ1) is 7.04. The van der Waals surface area contributed by atoms with E-state index in [9.17, 15) is 8.78 Å². The monoisotopic (exact) mass is 210 g/mol. The maximum atomic E-state index is 12.1. The molecule has 80 valence electrons. The van der Waals surface area contributed by atoms with Crippen LogP contribution < -0.4 is 4.74 Å². The number of halogens is 2. The van der Waals surface area contributed by atoms with E-state index in [4.69, 9.17) is 6.42 Å². The summed E-state index contributed by atoms with van der Waals surface area (Å²) in [5.74, 6) is 2.74. The van der Waals surface area contributed by atoms with Gasteiger partial charge in [-0.2, -0.15) is 8.78 Å². The van der Waals surface area contributed by atoms with Crippen molar-refractivity contribution in [2.45, 2.75) is 26.4 Å². The van der Waals surface area contributed by atoms with E-state index in [1.807, 2.05) is 13.8 Å². The van der Waals surface area contributed by atoms with Gasteiger partial charge in [0.2, 0.25) is 0 Å². The van der Waals surface area contributed by atoms with Gasteiger partial charge in [-0.25, -0.2) is 0 Å². The fourth-order valence-electron chi connectivity index (χ4n) is 1.29. The zero-order chi connectivity index (χ0) is 11.4. The van der Waals surface area contributed by atoms with E-state index in [1.54, 1.807) is 12.1 Å². The van der Waals surface area contributed by atoms with Crippen molar-refractivity contribution in [3.05, 3.63) is 29.3 Å². The summed E-state index contributed by atoms with van der Waals surface area (Å²) in [7, 11) is 0. The first-order valence-electron chi connectivity index (χ1n) is 4.60. The Labute approximate surface area is 88.1 Å². The Balaban J connectivity index is 3.11. The summed E-state index contributed by atoms with van der Waals surface area (Å²) in [6.45, 7) is 0.987. The van der Waals surface area contributed by atoms with Crippen molar-refractivity contribution in [1.82, 2.24) is 0 Å². The summed E-state index contributed by atoms with van der Waals surface area (Å²) in [6, 6.07) is 4.77. The molecule has 0 radical (unpaired) electrons.